The van der Waals surface area contributed by atoms with E-state index in [1.807, 2.05) is 0 Å². The van der Waals surface area contributed by atoms with Gasteiger partial charge in [-0.15, -0.1) is 10.2 Å². The molecule has 0 spiro atoms. The van der Waals surface area contributed by atoms with Gasteiger partial charge in [-0.1, -0.05) is 0 Å². The zero-order valence-corrected chi connectivity index (χ0v) is 10.9. The third-order valence-corrected chi connectivity index (χ3v) is 2.86. The van der Waals surface area contributed by atoms with Crippen LogP contribution in [-0.4, -0.2) is 21.5 Å². The quantitative estimate of drug-likeness (QED) is 0.362. The average molecular weight is 294 g/mol. The maximum Gasteiger partial charge on any atom is 0.308 e. The van der Waals surface area contributed by atoms with E-state index in [4.69, 9.17) is 4.74 Å². The lowest BCUT2D eigenvalue weighted by Gasteiger charge is -2.14. The number of non-ortho nitro benzene ring substituents is 1. The fourth-order valence-electron chi connectivity index (χ4n) is 1.77. The van der Waals surface area contributed by atoms with Gasteiger partial charge in [0.1, 0.15) is 0 Å². The minimum atomic E-state index is -1.16. The summed E-state index contributed by atoms with van der Waals surface area (Å²) in [6.07, 6.45) is 0.508. The summed E-state index contributed by atoms with van der Waals surface area (Å²) in [6, 6.07) is 3.02. The van der Waals surface area contributed by atoms with Crippen LogP contribution in [0, 0.1) is 20.2 Å². The van der Waals surface area contributed by atoms with Crippen LogP contribution in [0.1, 0.15) is 19.8 Å². The fraction of sp³-hybridized carbons (Fsp3) is 0.364. The molecule has 0 amide bonds. The van der Waals surface area contributed by atoms with Crippen LogP contribution in [-0.2, 0) is 9.53 Å². The minimum Gasteiger partial charge on any atom is -0.436 e. The molecule has 10 heteroatoms. The Balaban J connectivity index is 2.33. The van der Waals surface area contributed by atoms with Gasteiger partial charge in [-0.2, -0.15) is 0 Å². The van der Waals surface area contributed by atoms with Crippen molar-refractivity contribution < 1.29 is 19.4 Å². The smallest absolute Gasteiger partial charge is 0.308 e. The van der Waals surface area contributed by atoms with Crippen molar-refractivity contribution in [3.63, 3.8) is 0 Å². The summed E-state index contributed by atoms with van der Waals surface area (Å²) in [5.41, 5.74) is -2.26. The highest BCUT2D eigenvalue weighted by Gasteiger charge is 2.36. The van der Waals surface area contributed by atoms with Crippen LogP contribution in [0.15, 0.2) is 28.4 Å². The summed E-state index contributed by atoms with van der Waals surface area (Å²) >= 11 is 0. The Kier molecular flexibility index (Phi) is 3.61. The van der Waals surface area contributed by atoms with E-state index in [-0.39, 0.29) is 12.1 Å². The predicted molar refractivity (Wildman–Crippen MR) is 68.0 cm³/mol. The molecular weight excluding hydrogens is 284 g/mol. The maximum atomic E-state index is 11.1. The molecule has 110 valence electrons. The summed E-state index contributed by atoms with van der Waals surface area (Å²) < 4.78 is 4.96. The molecule has 10 nitrogen and oxygen atoms in total. The molecule has 0 aliphatic carbocycles. The average Bonchev–Trinajstić information content (AvgIpc) is 2.76. The second kappa shape index (κ2) is 5.23. The zero-order valence-electron chi connectivity index (χ0n) is 10.9. The number of carbonyl (C=O) groups is 1. The number of nitrogens with zero attached hydrogens (tertiary/aromatic N) is 4. The number of benzene rings is 1. The van der Waals surface area contributed by atoms with E-state index in [9.17, 15) is 25.0 Å². The van der Waals surface area contributed by atoms with Crippen LogP contribution in [0.4, 0.5) is 17.1 Å². The number of rotatable bonds is 4. The van der Waals surface area contributed by atoms with Crippen LogP contribution in [0.3, 0.4) is 0 Å². The van der Waals surface area contributed by atoms with Crippen LogP contribution < -0.4 is 0 Å². The van der Waals surface area contributed by atoms with E-state index in [0.29, 0.717) is 6.42 Å². The van der Waals surface area contributed by atoms with Crippen molar-refractivity contribution in [1.29, 1.82) is 0 Å². The van der Waals surface area contributed by atoms with Crippen LogP contribution in [0.25, 0.3) is 0 Å². The predicted octanol–water partition coefficient (Wildman–Crippen LogP) is 2.64. The number of azo groups is 1. The number of carbonyl (C=O) groups excluding carboxylic acids is 1. The number of hydrogen-bond acceptors (Lipinski definition) is 8. The standard InChI is InChI=1S/C11H10N4O6/c1-11(5-4-10(16)21-11)13-12-8-3-2-7(14(17)18)6-9(8)15(19)20/h2-3,6H,4-5H2,1H3. The Morgan fingerprint density at radius 1 is 1.29 bits per heavy atom. The maximum absolute atomic E-state index is 11.1. The number of hydrogen-bond donors (Lipinski definition) is 0. The molecule has 1 atom stereocenters. The summed E-state index contributed by atoms with van der Waals surface area (Å²) in [7, 11) is 0. The highest BCUT2D eigenvalue weighted by Crippen LogP contribution is 2.34. The molecule has 1 aliphatic rings. The van der Waals surface area contributed by atoms with E-state index >= 15 is 0 Å². The van der Waals surface area contributed by atoms with Crippen molar-refractivity contribution in [3.05, 3.63) is 38.4 Å². The van der Waals surface area contributed by atoms with Crippen molar-refractivity contribution in [1.82, 2.24) is 0 Å². The molecule has 1 fully saturated rings. The molecular formula is C11H10N4O6. The molecule has 1 unspecified atom stereocenters. The van der Waals surface area contributed by atoms with E-state index in [0.717, 1.165) is 18.2 Å². The van der Waals surface area contributed by atoms with Crippen molar-refractivity contribution in [2.24, 2.45) is 10.2 Å². The first-order valence-electron chi connectivity index (χ1n) is 5.88. The Hall–Kier alpha value is -2.91. The number of nitro groups is 2. The lowest BCUT2D eigenvalue weighted by molar-refractivity contribution is -0.393. The lowest BCUT2D eigenvalue weighted by Crippen LogP contribution is -2.19. The number of ether oxygens (including phenoxy) is 1. The molecule has 21 heavy (non-hydrogen) atoms. The normalized spacial score (nSPS) is 21.5. The SMILES string of the molecule is CC1(N=Nc2ccc([N+](=O)[O-])cc2[N+](=O)[O-])CCC(=O)O1. The summed E-state index contributed by atoms with van der Waals surface area (Å²) in [4.78, 5) is 31.1. The summed E-state index contributed by atoms with van der Waals surface area (Å²) in [5, 5.41) is 29.0. The highest BCUT2D eigenvalue weighted by molar-refractivity contribution is 5.72. The van der Waals surface area contributed by atoms with Gasteiger partial charge in [0.2, 0.25) is 5.72 Å². The molecule has 1 aromatic rings. The van der Waals surface area contributed by atoms with Crippen LogP contribution in [0.5, 0.6) is 0 Å². The van der Waals surface area contributed by atoms with Crippen LogP contribution >= 0.6 is 0 Å². The fourth-order valence-corrected chi connectivity index (χ4v) is 1.77. The highest BCUT2D eigenvalue weighted by atomic mass is 16.6. The summed E-state index contributed by atoms with van der Waals surface area (Å²) in [6.45, 7) is 1.53. The third kappa shape index (κ3) is 3.16. The first-order valence-corrected chi connectivity index (χ1v) is 5.88. The molecule has 0 bridgehead atoms. The first-order chi connectivity index (χ1) is 9.81. The van der Waals surface area contributed by atoms with Crippen molar-refractivity contribution in [2.45, 2.75) is 25.5 Å². The number of cyclic esters (lactones) is 1. The second-order valence-corrected chi connectivity index (χ2v) is 4.54. The molecule has 0 radical (unpaired) electrons. The zero-order chi connectivity index (χ0) is 15.6. The van der Waals surface area contributed by atoms with Crippen molar-refractivity contribution >= 4 is 23.0 Å². The summed E-state index contributed by atoms with van der Waals surface area (Å²) in [5.74, 6) is -0.422. The largest absolute Gasteiger partial charge is 0.436 e. The second-order valence-electron chi connectivity index (χ2n) is 4.54. The molecule has 0 aromatic heterocycles. The third-order valence-electron chi connectivity index (χ3n) is 2.86. The molecule has 1 heterocycles. The van der Waals surface area contributed by atoms with Gasteiger partial charge in [-0.3, -0.25) is 25.0 Å². The first kappa shape index (κ1) is 14.5. The van der Waals surface area contributed by atoms with Crippen molar-refractivity contribution in [2.75, 3.05) is 0 Å². The van der Waals surface area contributed by atoms with Crippen LogP contribution in [0.2, 0.25) is 0 Å². The van der Waals surface area contributed by atoms with Gasteiger partial charge in [0, 0.05) is 12.5 Å². The molecule has 0 N–H and O–H groups in total. The Morgan fingerprint density at radius 2 is 2.00 bits per heavy atom. The lowest BCUT2D eigenvalue weighted by atomic mass is 10.2. The molecule has 1 aromatic carbocycles. The minimum absolute atomic E-state index is 0.144. The Morgan fingerprint density at radius 3 is 2.52 bits per heavy atom. The monoisotopic (exact) mass is 294 g/mol. The van der Waals surface area contributed by atoms with E-state index in [2.05, 4.69) is 10.2 Å². The van der Waals surface area contributed by atoms with Gasteiger partial charge in [-0.05, 0) is 13.0 Å². The Labute approximate surface area is 117 Å². The molecule has 1 aliphatic heterocycles. The van der Waals surface area contributed by atoms with E-state index < -0.39 is 32.9 Å². The van der Waals surface area contributed by atoms with Gasteiger partial charge in [0.05, 0.1) is 22.3 Å². The van der Waals surface area contributed by atoms with E-state index in [1.54, 1.807) is 0 Å². The van der Waals surface area contributed by atoms with Gasteiger partial charge in [-0.25, -0.2) is 0 Å². The van der Waals surface area contributed by atoms with Gasteiger partial charge >= 0.3 is 11.7 Å². The molecule has 2 rings (SSSR count). The molecule has 1 saturated heterocycles. The van der Waals surface area contributed by atoms with Crippen molar-refractivity contribution in [3.8, 4) is 0 Å². The topological polar surface area (TPSA) is 137 Å². The van der Waals surface area contributed by atoms with Gasteiger partial charge in [0.15, 0.2) is 5.69 Å². The van der Waals surface area contributed by atoms with E-state index in [1.165, 1.54) is 6.92 Å². The van der Waals surface area contributed by atoms with Gasteiger partial charge < -0.3 is 4.74 Å². The number of esters is 1. The Bertz CT molecular complexity index is 658. The van der Waals surface area contributed by atoms with Gasteiger partial charge in [0.25, 0.3) is 5.69 Å². The number of nitro benzene ring substituents is 2. The molecule has 0 saturated carbocycles.